The minimum absolute atomic E-state index is 0.0646. The van der Waals surface area contributed by atoms with Gasteiger partial charge in [0.25, 0.3) is 5.91 Å². The lowest BCUT2D eigenvalue weighted by atomic mass is 10.1. The molecular weight excluding hydrogens is 458 g/mol. The molecule has 9 heteroatoms. The molecule has 3 amide bonds. The number of urea groups is 1. The number of hydrogen-bond acceptors (Lipinski definition) is 6. The molecule has 2 aliphatic rings. The Morgan fingerprint density at radius 3 is 2.56 bits per heavy atom. The fraction of sp³-hybridized carbons (Fsp3) is 0.444. The molecule has 0 spiro atoms. The van der Waals surface area contributed by atoms with E-state index in [2.05, 4.69) is 15.2 Å². The van der Waals surface area contributed by atoms with Crippen LogP contribution in [0.1, 0.15) is 41.1 Å². The molecular formula is C27H33N5O4. The number of carbonyl (C=O) groups excluding carboxylic acids is 2. The number of piperazine rings is 1. The average molecular weight is 492 g/mol. The minimum Gasteiger partial charge on any atom is -0.497 e. The molecule has 2 fully saturated rings. The van der Waals surface area contributed by atoms with Gasteiger partial charge >= 0.3 is 6.03 Å². The smallest absolute Gasteiger partial charge is 0.317 e. The average Bonchev–Trinajstić information content (AvgIpc) is 3.33. The summed E-state index contributed by atoms with van der Waals surface area (Å²) in [5, 5.41) is 2.99. The zero-order chi connectivity index (χ0) is 24.9. The van der Waals surface area contributed by atoms with E-state index in [-0.39, 0.29) is 11.9 Å². The van der Waals surface area contributed by atoms with Crippen LogP contribution < -0.4 is 10.1 Å². The summed E-state index contributed by atoms with van der Waals surface area (Å²) in [4.78, 5) is 36.1. The number of piperidine rings is 1. The van der Waals surface area contributed by atoms with Crippen molar-refractivity contribution in [1.82, 2.24) is 25.0 Å². The molecule has 0 saturated carbocycles. The van der Waals surface area contributed by atoms with Crippen LogP contribution in [-0.4, -0.2) is 78.0 Å². The predicted molar refractivity (Wildman–Crippen MR) is 136 cm³/mol. The number of methoxy groups -OCH3 is 1. The highest BCUT2D eigenvalue weighted by atomic mass is 16.5. The summed E-state index contributed by atoms with van der Waals surface area (Å²) in [5.74, 6) is 1.48. The first-order valence-electron chi connectivity index (χ1n) is 12.7. The number of hydrogen-bond donors (Lipinski definition) is 1. The molecule has 0 unspecified atom stereocenters. The molecule has 9 nitrogen and oxygen atoms in total. The Labute approximate surface area is 211 Å². The maximum Gasteiger partial charge on any atom is 0.317 e. The lowest BCUT2D eigenvalue weighted by molar-refractivity contribution is 0.0724. The number of rotatable bonds is 6. The largest absolute Gasteiger partial charge is 0.497 e. The van der Waals surface area contributed by atoms with Gasteiger partial charge in [0, 0.05) is 51.4 Å². The zero-order valence-corrected chi connectivity index (χ0v) is 20.7. The van der Waals surface area contributed by atoms with Crippen molar-refractivity contribution in [1.29, 1.82) is 0 Å². The SMILES string of the molecule is COc1cccc(CNC(=O)N2CCN(Cc3nc4cc(C(=O)N5CCCCC5)ccc4o3)CC2)c1. The number of nitrogens with zero attached hydrogens (tertiary/aromatic N) is 4. The van der Waals surface area contributed by atoms with Crippen molar-refractivity contribution < 1.29 is 18.7 Å². The Hall–Kier alpha value is -3.59. The molecule has 36 heavy (non-hydrogen) atoms. The maximum absolute atomic E-state index is 12.8. The Balaban J connectivity index is 1.12. The third-order valence-corrected chi connectivity index (χ3v) is 6.92. The van der Waals surface area contributed by atoms with Gasteiger partial charge in [-0.3, -0.25) is 9.69 Å². The van der Waals surface area contributed by atoms with Crippen molar-refractivity contribution >= 4 is 23.0 Å². The first-order chi connectivity index (χ1) is 17.6. The van der Waals surface area contributed by atoms with Crippen LogP contribution in [0.4, 0.5) is 4.79 Å². The summed E-state index contributed by atoms with van der Waals surface area (Å²) in [6.45, 7) is 5.44. The zero-order valence-electron chi connectivity index (χ0n) is 20.7. The Bertz CT molecular complexity index is 1210. The van der Waals surface area contributed by atoms with E-state index in [0.29, 0.717) is 48.7 Å². The number of amides is 3. The van der Waals surface area contributed by atoms with Crippen LogP contribution in [0.5, 0.6) is 5.75 Å². The molecule has 190 valence electrons. The van der Waals surface area contributed by atoms with Crippen LogP contribution in [0, 0.1) is 0 Å². The van der Waals surface area contributed by atoms with Gasteiger partial charge in [-0.05, 0) is 55.2 Å². The Morgan fingerprint density at radius 1 is 0.972 bits per heavy atom. The van der Waals surface area contributed by atoms with Gasteiger partial charge in [0.2, 0.25) is 5.89 Å². The van der Waals surface area contributed by atoms with Crippen LogP contribution in [-0.2, 0) is 13.1 Å². The molecule has 1 aromatic heterocycles. The number of ether oxygens (including phenoxy) is 1. The molecule has 2 aromatic carbocycles. The molecule has 5 rings (SSSR count). The summed E-state index contributed by atoms with van der Waals surface area (Å²) in [6.07, 6.45) is 3.33. The van der Waals surface area contributed by atoms with Crippen molar-refractivity contribution in [2.45, 2.75) is 32.4 Å². The second-order valence-electron chi connectivity index (χ2n) is 9.42. The highest BCUT2D eigenvalue weighted by Gasteiger charge is 2.23. The summed E-state index contributed by atoms with van der Waals surface area (Å²) in [7, 11) is 1.63. The summed E-state index contributed by atoms with van der Waals surface area (Å²) in [5.41, 5.74) is 3.06. The lowest BCUT2D eigenvalue weighted by Gasteiger charge is -2.34. The molecule has 0 atom stereocenters. The van der Waals surface area contributed by atoms with Gasteiger partial charge in [-0.2, -0.15) is 0 Å². The van der Waals surface area contributed by atoms with E-state index in [4.69, 9.17) is 9.15 Å². The molecule has 3 aromatic rings. The normalized spacial score (nSPS) is 16.8. The van der Waals surface area contributed by atoms with E-state index in [9.17, 15) is 9.59 Å². The van der Waals surface area contributed by atoms with Crippen LogP contribution in [0.3, 0.4) is 0 Å². The van der Waals surface area contributed by atoms with E-state index in [0.717, 1.165) is 50.3 Å². The number of benzene rings is 2. The third kappa shape index (κ3) is 5.62. The van der Waals surface area contributed by atoms with Crippen LogP contribution in [0.25, 0.3) is 11.1 Å². The van der Waals surface area contributed by atoms with Crippen LogP contribution in [0.15, 0.2) is 46.9 Å². The lowest BCUT2D eigenvalue weighted by Crippen LogP contribution is -2.51. The van der Waals surface area contributed by atoms with Crippen molar-refractivity contribution in [3.05, 3.63) is 59.5 Å². The van der Waals surface area contributed by atoms with Crippen molar-refractivity contribution in [3.63, 3.8) is 0 Å². The van der Waals surface area contributed by atoms with Crippen molar-refractivity contribution in [2.75, 3.05) is 46.4 Å². The molecule has 0 aliphatic carbocycles. The van der Waals surface area contributed by atoms with Gasteiger partial charge in [0.1, 0.15) is 11.3 Å². The second kappa shape index (κ2) is 11.0. The van der Waals surface area contributed by atoms with E-state index in [1.54, 1.807) is 7.11 Å². The van der Waals surface area contributed by atoms with E-state index in [1.165, 1.54) is 6.42 Å². The van der Waals surface area contributed by atoms with Gasteiger partial charge in [-0.25, -0.2) is 9.78 Å². The van der Waals surface area contributed by atoms with E-state index in [1.807, 2.05) is 52.3 Å². The topological polar surface area (TPSA) is 91.2 Å². The molecule has 2 saturated heterocycles. The maximum atomic E-state index is 12.8. The van der Waals surface area contributed by atoms with Crippen LogP contribution in [0.2, 0.25) is 0 Å². The molecule has 2 aliphatic heterocycles. The number of nitrogens with one attached hydrogen (secondary N) is 1. The quantitative estimate of drug-likeness (QED) is 0.568. The van der Waals surface area contributed by atoms with Crippen LogP contribution >= 0.6 is 0 Å². The molecule has 1 N–H and O–H groups in total. The molecule has 0 radical (unpaired) electrons. The van der Waals surface area contributed by atoms with Gasteiger partial charge < -0.3 is 24.3 Å². The number of fused-ring (bicyclic) bond motifs is 1. The number of aromatic nitrogens is 1. The standard InChI is InChI=1S/C27H33N5O4/c1-35-22-7-5-6-20(16-22)18-28-27(34)32-14-12-30(13-15-32)19-25-29-23-17-21(8-9-24(23)36-25)26(33)31-10-3-2-4-11-31/h5-9,16-17H,2-4,10-15,18-19H2,1H3,(H,28,34). The van der Waals surface area contributed by atoms with Crippen molar-refractivity contribution in [2.24, 2.45) is 0 Å². The van der Waals surface area contributed by atoms with Gasteiger partial charge in [-0.1, -0.05) is 12.1 Å². The van der Waals surface area contributed by atoms with E-state index >= 15 is 0 Å². The molecule has 0 bridgehead atoms. The summed E-state index contributed by atoms with van der Waals surface area (Å²) >= 11 is 0. The monoisotopic (exact) mass is 491 g/mol. The second-order valence-corrected chi connectivity index (χ2v) is 9.42. The fourth-order valence-corrected chi connectivity index (χ4v) is 4.83. The Morgan fingerprint density at radius 2 is 1.78 bits per heavy atom. The minimum atomic E-state index is -0.0646. The summed E-state index contributed by atoms with van der Waals surface area (Å²) in [6, 6.07) is 13.1. The highest BCUT2D eigenvalue weighted by molar-refractivity contribution is 5.97. The number of carbonyl (C=O) groups is 2. The van der Waals surface area contributed by atoms with Gasteiger partial charge in [-0.15, -0.1) is 0 Å². The first kappa shape index (κ1) is 24.1. The number of oxazole rings is 1. The van der Waals surface area contributed by atoms with Gasteiger partial charge in [0.05, 0.1) is 13.7 Å². The first-order valence-corrected chi connectivity index (χ1v) is 12.7. The molecule has 3 heterocycles. The number of likely N-dealkylation sites (tertiary alicyclic amines) is 1. The Kier molecular flexibility index (Phi) is 7.36. The third-order valence-electron chi connectivity index (χ3n) is 6.92. The van der Waals surface area contributed by atoms with Crippen molar-refractivity contribution in [3.8, 4) is 5.75 Å². The van der Waals surface area contributed by atoms with Gasteiger partial charge in [0.15, 0.2) is 5.58 Å². The predicted octanol–water partition coefficient (Wildman–Crippen LogP) is 3.49. The fourth-order valence-electron chi connectivity index (χ4n) is 4.83. The highest BCUT2D eigenvalue weighted by Crippen LogP contribution is 2.21. The van der Waals surface area contributed by atoms with E-state index < -0.39 is 0 Å². The summed E-state index contributed by atoms with van der Waals surface area (Å²) < 4.78 is 11.2.